The summed E-state index contributed by atoms with van der Waals surface area (Å²) in [5, 5.41) is 8.74. The average molecular weight is 186 g/mol. The predicted molar refractivity (Wildman–Crippen MR) is 46.4 cm³/mol. The van der Waals surface area contributed by atoms with Gasteiger partial charge in [-0.2, -0.15) is 0 Å². The number of carboxylic acid groups (broad SMARTS) is 1. The average Bonchev–Trinajstić information content (AvgIpc) is 2.07. The Balaban J connectivity index is 2.67. The summed E-state index contributed by atoms with van der Waals surface area (Å²) in [6.07, 6.45) is -1.02. The molecule has 5 nitrogen and oxygen atoms in total. The number of likely N-dealkylation sites (N-methyl/N-ethyl adjacent to an activating group) is 1. The third kappa shape index (κ3) is 1.91. The molecule has 74 valence electrons. The summed E-state index contributed by atoms with van der Waals surface area (Å²) in [6.45, 7) is 4.84. The summed E-state index contributed by atoms with van der Waals surface area (Å²) in [6, 6.07) is -0.102. The Hall–Kier alpha value is -1.26. The molecule has 1 fully saturated rings. The maximum atomic E-state index is 11.3. The van der Waals surface area contributed by atoms with Gasteiger partial charge < -0.3 is 10.0 Å². The topological polar surface area (TPSA) is 60.9 Å². The molecule has 0 radical (unpaired) electrons. The second-order valence-corrected chi connectivity index (χ2v) is 3.19. The highest BCUT2D eigenvalue weighted by molar-refractivity contribution is 5.83. The molecule has 0 unspecified atom stereocenters. The molecule has 0 saturated carbocycles. The monoisotopic (exact) mass is 186 g/mol. The quantitative estimate of drug-likeness (QED) is 0.637. The van der Waals surface area contributed by atoms with Gasteiger partial charge in [0, 0.05) is 13.1 Å². The van der Waals surface area contributed by atoms with Crippen LogP contribution in [0.2, 0.25) is 0 Å². The largest absolute Gasteiger partial charge is 0.465 e. The van der Waals surface area contributed by atoms with Crippen LogP contribution in [0.1, 0.15) is 13.8 Å². The molecule has 1 heterocycles. The Morgan fingerprint density at radius 1 is 1.69 bits per heavy atom. The van der Waals surface area contributed by atoms with Gasteiger partial charge in [0.05, 0.1) is 6.04 Å². The zero-order chi connectivity index (χ0) is 10.0. The standard InChI is InChI=1S/C8H14N2O3/c1-3-9-4-6(2)10(8(12)13)5-7(9)11/h6H,3-5H2,1-2H3,(H,12,13)/t6-/m0/s1. The molecule has 1 atom stereocenters. The zero-order valence-corrected chi connectivity index (χ0v) is 7.86. The van der Waals surface area contributed by atoms with Gasteiger partial charge in [-0.15, -0.1) is 0 Å². The van der Waals surface area contributed by atoms with Gasteiger partial charge in [-0.25, -0.2) is 4.79 Å². The van der Waals surface area contributed by atoms with Crippen LogP contribution in [0.5, 0.6) is 0 Å². The van der Waals surface area contributed by atoms with E-state index in [1.54, 1.807) is 4.90 Å². The van der Waals surface area contributed by atoms with E-state index in [0.717, 1.165) is 0 Å². The van der Waals surface area contributed by atoms with Gasteiger partial charge in [0.1, 0.15) is 6.54 Å². The first kappa shape index (κ1) is 9.83. The summed E-state index contributed by atoms with van der Waals surface area (Å²) >= 11 is 0. The summed E-state index contributed by atoms with van der Waals surface area (Å²) in [7, 11) is 0. The van der Waals surface area contributed by atoms with Crippen LogP contribution in [0.3, 0.4) is 0 Å². The third-order valence-corrected chi connectivity index (χ3v) is 2.30. The van der Waals surface area contributed by atoms with E-state index >= 15 is 0 Å². The van der Waals surface area contributed by atoms with Gasteiger partial charge in [0.25, 0.3) is 0 Å². The van der Waals surface area contributed by atoms with Crippen molar-refractivity contribution in [2.75, 3.05) is 19.6 Å². The fraction of sp³-hybridized carbons (Fsp3) is 0.750. The number of nitrogens with zero attached hydrogens (tertiary/aromatic N) is 2. The van der Waals surface area contributed by atoms with Crippen molar-refractivity contribution in [1.29, 1.82) is 0 Å². The van der Waals surface area contributed by atoms with Gasteiger partial charge in [-0.05, 0) is 13.8 Å². The maximum absolute atomic E-state index is 11.3. The van der Waals surface area contributed by atoms with Crippen LogP contribution < -0.4 is 0 Å². The lowest BCUT2D eigenvalue weighted by atomic mass is 10.2. The van der Waals surface area contributed by atoms with Gasteiger partial charge in [0.15, 0.2) is 0 Å². The van der Waals surface area contributed by atoms with E-state index in [1.807, 2.05) is 13.8 Å². The number of piperazine rings is 1. The van der Waals surface area contributed by atoms with E-state index in [2.05, 4.69) is 0 Å². The summed E-state index contributed by atoms with van der Waals surface area (Å²) < 4.78 is 0. The molecule has 1 aliphatic rings. The fourth-order valence-corrected chi connectivity index (χ4v) is 1.48. The van der Waals surface area contributed by atoms with Crippen LogP contribution in [0, 0.1) is 0 Å². The zero-order valence-electron chi connectivity index (χ0n) is 7.86. The Bertz CT molecular complexity index is 229. The highest BCUT2D eigenvalue weighted by Gasteiger charge is 2.31. The Labute approximate surface area is 76.9 Å². The van der Waals surface area contributed by atoms with E-state index in [0.29, 0.717) is 13.1 Å². The summed E-state index contributed by atoms with van der Waals surface area (Å²) in [5.41, 5.74) is 0. The van der Waals surface area contributed by atoms with Crippen molar-refractivity contribution in [2.24, 2.45) is 0 Å². The molecule has 0 spiro atoms. The third-order valence-electron chi connectivity index (χ3n) is 2.30. The van der Waals surface area contributed by atoms with Crippen LogP contribution in [-0.2, 0) is 4.79 Å². The first-order valence-electron chi connectivity index (χ1n) is 4.33. The fourth-order valence-electron chi connectivity index (χ4n) is 1.48. The molecular weight excluding hydrogens is 172 g/mol. The number of carbonyl (C=O) groups excluding carboxylic acids is 1. The molecule has 0 aromatic rings. The van der Waals surface area contributed by atoms with Crippen molar-refractivity contribution in [3.05, 3.63) is 0 Å². The highest BCUT2D eigenvalue weighted by atomic mass is 16.4. The van der Waals surface area contributed by atoms with Crippen molar-refractivity contribution in [3.8, 4) is 0 Å². The van der Waals surface area contributed by atoms with Crippen LogP contribution in [0.25, 0.3) is 0 Å². The van der Waals surface area contributed by atoms with E-state index in [4.69, 9.17) is 5.11 Å². The SMILES string of the molecule is CCN1C[C@H](C)N(C(=O)O)CC1=O. The van der Waals surface area contributed by atoms with E-state index in [9.17, 15) is 9.59 Å². The maximum Gasteiger partial charge on any atom is 0.408 e. The molecule has 0 aliphatic carbocycles. The minimum absolute atomic E-state index is 0.00958. The summed E-state index contributed by atoms with van der Waals surface area (Å²) in [4.78, 5) is 24.8. The van der Waals surface area contributed by atoms with Gasteiger partial charge in [-0.1, -0.05) is 0 Å². The molecule has 1 rings (SSSR count). The molecule has 1 saturated heterocycles. The van der Waals surface area contributed by atoms with Crippen molar-refractivity contribution >= 4 is 12.0 Å². The molecule has 0 bridgehead atoms. The number of hydrogen-bond donors (Lipinski definition) is 1. The molecule has 1 aliphatic heterocycles. The minimum atomic E-state index is -1.02. The lowest BCUT2D eigenvalue weighted by molar-refractivity contribution is -0.136. The van der Waals surface area contributed by atoms with E-state index < -0.39 is 6.09 Å². The van der Waals surface area contributed by atoms with Gasteiger partial charge in [0.2, 0.25) is 5.91 Å². The molecule has 1 N–H and O–H groups in total. The first-order valence-corrected chi connectivity index (χ1v) is 4.33. The molecule has 5 heteroatoms. The Kier molecular flexibility index (Phi) is 2.75. The lowest BCUT2D eigenvalue weighted by Gasteiger charge is -2.37. The number of rotatable bonds is 1. The molecule has 13 heavy (non-hydrogen) atoms. The molecule has 0 aromatic carbocycles. The van der Waals surface area contributed by atoms with Crippen LogP contribution >= 0.6 is 0 Å². The number of amides is 2. The summed E-state index contributed by atoms with van der Waals surface area (Å²) in [5.74, 6) is -0.108. The molecule has 0 aromatic heterocycles. The van der Waals surface area contributed by atoms with Crippen molar-refractivity contribution in [2.45, 2.75) is 19.9 Å². The first-order chi connectivity index (χ1) is 6.06. The van der Waals surface area contributed by atoms with Crippen LogP contribution in [0.4, 0.5) is 4.79 Å². The van der Waals surface area contributed by atoms with Crippen molar-refractivity contribution in [3.63, 3.8) is 0 Å². The number of hydrogen-bond acceptors (Lipinski definition) is 2. The van der Waals surface area contributed by atoms with Crippen LogP contribution in [0.15, 0.2) is 0 Å². The predicted octanol–water partition coefficient (Wildman–Crippen LogP) is 0.217. The molecular formula is C8H14N2O3. The van der Waals surface area contributed by atoms with Gasteiger partial charge >= 0.3 is 6.09 Å². The van der Waals surface area contributed by atoms with Gasteiger partial charge in [-0.3, -0.25) is 9.69 Å². The Morgan fingerprint density at radius 3 is 2.77 bits per heavy atom. The lowest BCUT2D eigenvalue weighted by Crippen LogP contribution is -2.56. The normalized spacial score (nSPS) is 23.5. The van der Waals surface area contributed by atoms with E-state index in [1.165, 1.54) is 4.90 Å². The second-order valence-electron chi connectivity index (χ2n) is 3.19. The van der Waals surface area contributed by atoms with Crippen molar-refractivity contribution < 1.29 is 14.7 Å². The van der Waals surface area contributed by atoms with Crippen LogP contribution in [-0.4, -0.2) is 52.6 Å². The van der Waals surface area contributed by atoms with Crippen molar-refractivity contribution in [1.82, 2.24) is 9.80 Å². The number of carbonyl (C=O) groups is 2. The van der Waals surface area contributed by atoms with E-state index in [-0.39, 0.29) is 18.5 Å². The molecule has 2 amide bonds. The second kappa shape index (κ2) is 3.64. The highest BCUT2D eigenvalue weighted by Crippen LogP contribution is 2.09. The minimum Gasteiger partial charge on any atom is -0.465 e. The smallest absolute Gasteiger partial charge is 0.408 e. The Morgan fingerprint density at radius 2 is 2.31 bits per heavy atom.